The zero-order valence-electron chi connectivity index (χ0n) is 18.5. The maximum Gasteiger partial charge on any atom is 0.243 e. The van der Waals surface area contributed by atoms with Crippen LogP contribution in [-0.4, -0.2) is 48.9 Å². The molecule has 31 heavy (non-hydrogen) atoms. The molecule has 0 atom stereocenters. The van der Waals surface area contributed by atoms with E-state index in [-0.39, 0.29) is 12.5 Å². The number of sulfonamides is 1. The molecule has 7 nitrogen and oxygen atoms in total. The summed E-state index contributed by atoms with van der Waals surface area (Å²) in [7, 11) is -1.94. The van der Waals surface area contributed by atoms with Crippen LogP contribution in [0.4, 0.5) is 5.69 Å². The standard InChI is InChI=1S/C23H28N4O3S/c1-17-11-9-10-14-22(17)26(31(5,29)30)16-23(28)25(4)15-21-18(2)24-27(19(21)3)20-12-7-6-8-13-20/h6-14H,15-16H2,1-5H3. The van der Waals surface area contributed by atoms with Gasteiger partial charge in [-0.15, -0.1) is 0 Å². The molecule has 0 aliphatic rings. The molecule has 0 aliphatic heterocycles. The Hall–Kier alpha value is -3.13. The number of hydrogen-bond acceptors (Lipinski definition) is 4. The molecule has 0 saturated carbocycles. The average molecular weight is 441 g/mol. The smallest absolute Gasteiger partial charge is 0.243 e. The number of aromatic nitrogens is 2. The minimum atomic E-state index is -3.62. The van der Waals surface area contributed by atoms with E-state index in [0.29, 0.717) is 12.2 Å². The van der Waals surface area contributed by atoms with Gasteiger partial charge in [0.1, 0.15) is 6.54 Å². The summed E-state index contributed by atoms with van der Waals surface area (Å²) in [5.74, 6) is -0.292. The zero-order valence-corrected chi connectivity index (χ0v) is 19.3. The van der Waals surface area contributed by atoms with Crippen LogP contribution in [0.1, 0.15) is 22.5 Å². The van der Waals surface area contributed by atoms with Gasteiger partial charge in [0.2, 0.25) is 15.9 Å². The van der Waals surface area contributed by atoms with Gasteiger partial charge in [-0.05, 0) is 44.5 Å². The second-order valence-electron chi connectivity index (χ2n) is 7.70. The Morgan fingerprint density at radius 2 is 1.61 bits per heavy atom. The Labute approximate surface area is 184 Å². The first-order valence-corrected chi connectivity index (χ1v) is 11.8. The maximum atomic E-state index is 13.0. The van der Waals surface area contributed by atoms with Crippen molar-refractivity contribution < 1.29 is 13.2 Å². The lowest BCUT2D eigenvalue weighted by Gasteiger charge is -2.26. The molecule has 0 saturated heterocycles. The first-order chi connectivity index (χ1) is 14.6. The van der Waals surface area contributed by atoms with Crippen molar-refractivity contribution in [1.82, 2.24) is 14.7 Å². The monoisotopic (exact) mass is 440 g/mol. The van der Waals surface area contributed by atoms with E-state index in [1.54, 1.807) is 24.1 Å². The molecule has 0 spiro atoms. The molecular formula is C23H28N4O3S. The minimum absolute atomic E-state index is 0.259. The third-order valence-corrected chi connectivity index (χ3v) is 6.45. The van der Waals surface area contributed by atoms with Crippen molar-refractivity contribution in [2.24, 2.45) is 0 Å². The van der Waals surface area contributed by atoms with Crippen LogP contribution in [-0.2, 0) is 21.4 Å². The minimum Gasteiger partial charge on any atom is -0.340 e. The molecule has 3 rings (SSSR count). The van der Waals surface area contributed by atoms with Gasteiger partial charge in [-0.1, -0.05) is 36.4 Å². The molecule has 0 bridgehead atoms. The van der Waals surface area contributed by atoms with Crippen LogP contribution in [0.5, 0.6) is 0 Å². The molecule has 3 aromatic rings. The average Bonchev–Trinajstić information content (AvgIpc) is 3.00. The van der Waals surface area contributed by atoms with Crippen molar-refractivity contribution in [3.8, 4) is 5.69 Å². The summed E-state index contributed by atoms with van der Waals surface area (Å²) in [6.45, 7) is 5.79. The summed E-state index contributed by atoms with van der Waals surface area (Å²) in [5, 5.41) is 4.62. The second kappa shape index (κ2) is 8.93. The highest BCUT2D eigenvalue weighted by Crippen LogP contribution is 2.23. The highest BCUT2D eigenvalue weighted by molar-refractivity contribution is 7.92. The lowest BCUT2D eigenvalue weighted by atomic mass is 10.2. The Bertz CT molecular complexity index is 1190. The molecule has 0 N–H and O–H groups in total. The quantitative estimate of drug-likeness (QED) is 0.565. The molecule has 164 valence electrons. The van der Waals surface area contributed by atoms with Crippen LogP contribution in [0, 0.1) is 20.8 Å². The third-order valence-electron chi connectivity index (χ3n) is 5.33. The summed E-state index contributed by atoms with van der Waals surface area (Å²) in [5.41, 5.74) is 4.98. The van der Waals surface area contributed by atoms with Crippen LogP contribution in [0.2, 0.25) is 0 Å². The molecule has 2 aromatic carbocycles. The van der Waals surface area contributed by atoms with Crippen molar-refractivity contribution in [3.63, 3.8) is 0 Å². The van der Waals surface area contributed by atoms with Crippen LogP contribution in [0.25, 0.3) is 5.69 Å². The highest BCUT2D eigenvalue weighted by Gasteiger charge is 2.25. The fraction of sp³-hybridized carbons (Fsp3) is 0.304. The van der Waals surface area contributed by atoms with Gasteiger partial charge < -0.3 is 4.90 Å². The Balaban J connectivity index is 1.82. The van der Waals surface area contributed by atoms with E-state index in [2.05, 4.69) is 5.10 Å². The molecule has 0 fully saturated rings. The lowest BCUT2D eigenvalue weighted by Crippen LogP contribution is -2.41. The molecule has 1 amide bonds. The number of benzene rings is 2. The number of carbonyl (C=O) groups is 1. The Morgan fingerprint density at radius 1 is 1.00 bits per heavy atom. The summed E-state index contributed by atoms with van der Waals surface area (Å²) < 4.78 is 27.8. The molecular weight excluding hydrogens is 412 g/mol. The van der Waals surface area contributed by atoms with Gasteiger partial charge in [-0.25, -0.2) is 13.1 Å². The van der Waals surface area contributed by atoms with Gasteiger partial charge in [0.05, 0.1) is 23.3 Å². The molecule has 0 aliphatic carbocycles. The van der Waals surface area contributed by atoms with Gasteiger partial charge in [-0.3, -0.25) is 9.10 Å². The Kier molecular flexibility index (Phi) is 6.50. The van der Waals surface area contributed by atoms with Crippen LogP contribution >= 0.6 is 0 Å². The summed E-state index contributed by atoms with van der Waals surface area (Å²) >= 11 is 0. The fourth-order valence-electron chi connectivity index (χ4n) is 3.52. The van der Waals surface area contributed by atoms with Crippen molar-refractivity contribution in [2.75, 3.05) is 24.2 Å². The summed E-state index contributed by atoms with van der Waals surface area (Å²) in [6.07, 6.45) is 1.12. The van der Waals surface area contributed by atoms with E-state index in [9.17, 15) is 13.2 Å². The van der Waals surface area contributed by atoms with E-state index in [1.807, 2.05) is 67.9 Å². The number of para-hydroxylation sites is 2. The highest BCUT2D eigenvalue weighted by atomic mass is 32.2. The van der Waals surface area contributed by atoms with Crippen molar-refractivity contribution in [3.05, 3.63) is 77.1 Å². The second-order valence-corrected chi connectivity index (χ2v) is 9.61. The maximum absolute atomic E-state index is 13.0. The molecule has 1 aromatic heterocycles. The predicted octanol–water partition coefficient (Wildman–Crippen LogP) is 3.22. The molecule has 8 heteroatoms. The van der Waals surface area contributed by atoms with Gasteiger partial charge >= 0.3 is 0 Å². The van der Waals surface area contributed by atoms with Crippen LogP contribution in [0.3, 0.4) is 0 Å². The summed E-state index contributed by atoms with van der Waals surface area (Å²) in [4.78, 5) is 14.5. The SMILES string of the molecule is Cc1ccccc1N(CC(=O)N(C)Cc1c(C)nn(-c2ccccc2)c1C)S(C)(=O)=O. The first kappa shape index (κ1) is 22.6. The number of rotatable bonds is 7. The number of aryl methyl sites for hydroxylation is 2. The van der Waals surface area contributed by atoms with E-state index in [0.717, 1.165) is 38.8 Å². The lowest BCUT2D eigenvalue weighted by molar-refractivity contribution is -0.128. The van der Waals surface area contributed by atoms with Gasteiger partial charge in [0, 0.05) is 24.8 Å². The molecule has 1 heterocycles. The number of carbonyl (C=O) groups excluding carboxylic acids is 1. The number of anilines is 1. The van der Waals surface area contributed by atoms with Gasteiger partial charge in [0.25, 0.3) is 0 Å². The van der Waals surface area contributed by atoms with Gasteiger partial charge in [0.15, 0.2) is 0 Å². The zero-order chi connectivity index (χ0) is 22.8. The molecule has 0 unspecified atom stereocenters. The van der Waals surface area contributed by atoms with Crippen LogP contribution < -0.4 is 4.31 Å². The number of nitrogens with zero attached hydrogens (tertiary/aromatic N) is 4. The first-order valence-electron chi connectivity index (χ1n) is 9.97. The number of amides is 1. The number of likely N-dealkylation sites (N-methyl/N-ethyl adjacent to an activating group) is 1. The summed E-state index contributed by atoms with van der Waals surface area (Å²) in [6, 6.07) is 16.9. The van der Waals surface area contributed by atoms with Crippen molar-refractivity contribution in [1.29, 1.82) is 0 Å². The Morgan fingerprint density at radius 3 is 2.23 bits per heavy atom. The van der Waals surface area contributed by atoms with Gasteiger partial charge in [-0.2, -0.15) is 5.10 Å². The van der Waals surface area contributed by atoms with Crippen LogP contribution in [0.15, 0.2) is 54.6 Å². The van der Waals surface area contributed by atoms with Crippen molar-refractivity contribution >= 4 is 21.6 Å². The van der Waals surface area contributed by atoms with E-state index in [4.69, 9.17) is 0 Å². The third kappa shape index (κ3) is 4.96. The number of hydrogen-bond donors (Lipinski definition) is 0. The van der Waals surface area contributed by atoms with E-state index in [1.165, 1.54) is 0 Å². The van der Waals surface area contributed by atoms with E-state index < -0.39 is 10.0 Å². The fourth-order valence-corrected chi connectivity index (χ4v) is 4.42. The van der Waals surface area contributed by atoms with Crippen molar-refractivity contribution in [2.45, 2.75) is 27.3 Å². The topological polar surface area (TPSA) is 75.5 Å². The molecule has 0 radical (unpaired) electrons. The predicted molar refractivity (Wildman–Crippen MR) is 123 cm³/mol. The normalized spacial score (nSPS) is 11.4. The van der Waals surface area contributed by atoms with E-state index >= 15 is 0 Å². The largest absolute Gasteiger partial charge is 0.340 e.